The van der Waals surface area contributed by atoms with Crippen LogP contribution >= 0.6 is 0 Å². The Morgan fingerprint density at radius 3 is 1.63 bits per heavy atom. The van der Waals surface area contributed by atoms with E-state index in [0.29, 0.717) is 11.8 Å². The second-order valence-corrected chi connectivity index (χ2v) is 5.71. The van der Waals surface area contributed by atoms with Crippen molar-refractivity contribution in [2.24, 2.45) is 5.92 Å². The predicted octanol–water partition coefficient (Wildman–Crippen LogP) is 5.68. The van der Waals surface area contributed by atoms with E-state index in [9.17, 15) is 0 Å². The number of hydrogen-bond donors (Lipinski definition) is 0. The summed E-state index contributed by atoms with van der Waals surface area (Å²) in [6, 6.07) is 17.9. The van der Waals surface area contributed by atoms with Crippen LogP contribution in [-0.2, 0) is 6.42 Å². The van der Waals surface area contributed by atoms with E-state index in [1.165, 1.54) is 22.3 Å². The molecule has 0 N–H and O–H groups in total. The molecule has 19 heavy (non-hydrogen) atoms. The van der Waals surface area contributed by atoms with E-state index in [2.05, 4.69) is 76.2 Å². The summed E-state index contributed by atoms with van der Waals surface area (Å²) in [5.74, 6) is 1.31. The maximum absolute atomic E-state index is 2.30. The van der Waals surface area contributed by atoms with Crippen LogP contribution in [0.15, 0.2) is 48.5 Å². The highest BCUT2D eigenvalue weighted by atomic mass is 14.1. The summed E-state index contributed by atoms with van der Waals surface area (Å²) < 4.78 is 0. The van der Waals surface area contributed by atoms with Gasteiger partial charge in [0, 0.05) is 0 Å². The Morgan fingerprint density at radius 1 is 0.737 bits per heavy atom. The molecular weight excluding hydrogens is 228 g/mol. The summed E-state index contributed by atoms with van der Waals surface area (Å²) >= 11 is 0. The highest BCUT2D eigenvalue weighted by molar-refractivity contribution is 5.64. The maximum atomic E-state index is 2.30. The third-order valence-corrected chi connectivity index (χ3v) is 4.13. The van der Waals surface area contributed by atoms with Gasteiger partial charge in [0.1, 0.15) is 0 Å². The minimum atomic E-state index is 0.622. The maximum Gasteiger partial charge on any atom is -0.0167 e. The van der Waals surface area contributed by atoms with Gasteiger partial charge >= 0.3 is 0 Å². The average molecular weight is 252 g/mol. The second kappa shape index (κ2) is 6.06. The Morgan fingerprint density at radius 2 is 1.21 bits per heavy atom. The third kappa shape index (κ3) is 3.26. The van der Waals surface area contributed by atoms with Gasteiger partial charge in [-0.25, -0.2) is 0 Å². The Hall–Kier alpha value is -1.56. The van der Waals surface area contributed by atoms with Gasteiger partial charge in [0.15, 0.2) is 0 Å². The zero-order chi connectivity index (χ0) is 13.8. The van der Waals surface area contributed by atoms with E-state index < -0.39 is 0 Å². The van der Waals surface area contributed by atoms with Crippen LogP contribution in [0.3, 0.4) is 0 Å². The Balaban J connectivity index is 2.22. The minimum absolute atomic E-state index is 0.622. The van der Waals surface area contributed by atoms with Gasteiger partial charge in [-0.15, -0.1) is 0 Å². The average Bonchev–Trinajstić information content (AvgIpc) is 2.46. The van der Waals surface area contributed by atoms with Crippen LogP contribution in [0.5, 0.6) is 0 Å². The summed E-state index contributed by atoms with van der Waals surface area (Å²) in [6.45, 7) is 9.05. The lowest BCUT2D eigenvalue weighted by Gasteiger charge is -2.16. The van der Waals surface area contributed by atoms with Crippen molar-refractivity contribution in [2.45, 2.75) is 40.0 Å². The lowest BCUT2D eigenvalue weighted by molar-refractivity contribution is 0.535. The molecule has 0 fully saturated rings. The summed E-state index contributed by atoms with van der Waals surface area (Å²) in [7, 11) is 0. The molecule has 1 unspecified atom stereocenters. The van der Waals surface area contributed by atoms with E-state index in [1.807, 2.05) is 0 Å². The normalized spacial score (nSPS) is 12.7. The molecule has 0 saturated heterocycles. The van der Waals surface area contributed by atoms with Crippen molar-refractivity contribution in [1.82, 2.24) is 0 Å². The molecule has 0 aromatic heterocycles. The van der Waals surface area contributed by atoms with E-state index in [-0.39, 0.29) is 0 Å². The first-order valence-electron chi connectivity index (χ1n) is 7.31. The van der Waals surface area contributed by atoms with Gasteiger partial charge in [-0.1, -0.05) is 76.2 Å². The number of benzene rings is 2. The monoisotopic (exact) mass is 252 g/mol. The molecule has 0 nitrogen and oxygen atoms in total. The molecule has 0 amide bonds. The predicted molar refractivity (Wildman–Crippen MR) is 84.5 cm³/mol. The first-order valence-corrected chi connectivity index (χ1v) is 7.31. The van der Waals surface area contributed by atoms with E-state index >= 15 is 0 Å². The summed E-state index contributed by atoms with van der Waals surface area (Å²) in [4.78, 5) is 0. The van der Waals surface area contributed by atoms with E-state index in [1.54, 1.807) is 0 Å². The smallest absolute Gasteiger partial charge is 0.0167 e. The van der Waals surface area contributed by atoms with Crippen LogP contribution in [0.25, 0.3) is 11.1 Å². The molecule has 1 atom stereocenters. The molecule has 100 valence electrons. The molecule has 0 saturated carbocycles. The van der Waals surface area contributed by atoms with Crippen molar-refractivity contribution in [3.63, 3.8) is 0 Å². The zero-order valence-corrected chi connectivity index (χ0v) is 12.5. The van der Waals surface area contributed by atoms with Gasteiger partial charge in [0.2, 0.25) is 0 Å². The fourth-order valence-electron chi connectivity index (χ4n) is 2.30. The van der Waals surface area contributed by atoms with E-state index in [0.717, 1.165) is 6.42 Å². The molecule has 0 radical (unpaired) electrons. The molecule has 2 rings (SSSR count). The zero-order valence-electron chi connectivity index (χ0n) is 12.5. The van der Waals surface area contributed by atoms with Gasteiger partial charge in [-0.3, -0.25) is 0 Å². The molecular formula is C19H24. The Bertz CT molecular complexity index is 503. The standard InChI is InChI=1S/C19H24/c1-5-16-6-8-18(9-7-16)19-12-10-17(11-13-19)15(4)14(2)3/h6-15H,5H2,1-4H3. The van der Waals surface area contributed by atoms with Crippen LogP contribution in [0.4, 0.5) is 0 Å². The second-order valence-electron chi connectivity index (χ2n) is 5.71. The van der Waals surface area contributed by atoms with Crippen molar-refractivity contribution in [3.8, 4) is 11.1 Å². The van der Waals surface area contributed by atoms with Crippen molar-refractivity contribution in [1.29, 1.82) is 0 Å². The molecule has 2 aromatic carbocycles. The quantitative estimate of drug-likeness (QED) is 0.657. The van der Waals surface area contributed by atoms with Crippen LogP contribution in [0.2, 0.25) is 0 Å². The fraction of sp³-hybridized carbons (Fsp3) is 0.368. The number of rotatable bonds is 4. The van der Waals surface area contributed by atoms with Crippen LogP contribution in [0.1, 0.15) is 44.7 Å². The molecule has 0 aliphatic heterocycles. The van der Waals surface area contributed by atoms with Gasteiger partial charge < -0.3 is 0 Å². The fourth-order valence-corrected chi connectivity index (χ4v) is 2.30. The largest absolute Gasteiger partial charge is 0.0622 e. The highest BCUT2D eigenvalue weighted by Crippen LogP contribution is 2.27. The van der Waals surface area contributed by atoms with Gasteiger partial charge in [0.05, 0.1) is 0 Å². The van der Waals surface area contributed by atoms with Crippen LogP contribution in [0, 0.1) is 5.92 Å². The molecule has 0 spiro atoms. The van der Waals surface area contributed by atoms with E-state index in [4.69, 9.17) is 0 Å². The lowest BCUT2D eigenvalue weighted by Crippen LogP contribution is -2.01. The highest BCUT2D eigenvalue weighted by Gasteiger charge is 2.09. The van der Waals surface area contributed by atoms with Crippen LogP contribution < -0.4 is 0 Å². The number of aryl methyl sites for hydroxylation is 1. The first kappa shape index (κ1) is 13.9. The molecule has 2 aromatic rings. The number of hydrogen-bond acceptors (Lipinski definition) is 0. The minimum Gasteiger partial charge on any atom is -0.0622 e. The molecule has 0 aliphatic carbocycles. The topological polar surface area (TPSA) is 0 Å². The Labute approximate surface area is 117 Å². The third-order valence-electron chi connectivity index (χ3n) is 4.13. The molecule has 0 bridgehead atoms. The van der Waals surface area contributed by atoms with Gasteiger partial charge in [0.25, 0.3) is 0 Å². The summed E-state index contributed by atoms with van der Waals surface area (Å²) in [5, 5.41) is 0. The summed E-state index contributed by atoms with van der Waals surface area (Å²) in [5.41, 5.74) is 5.45. The van der Waals surface area contributed by atoms with Crippen molar-refractivity contribution < 1.29 is 0 Å². The SMILES string of the molecule is CCc1ccc(-c2ccc(C(C)C(C)C)cc2)cc1. The van der Waals surface area contributed by atoms with Crippen molar-refractivity contribution in [2.75, 3.05) is 0 Å². The van der Waals surface area contributed by atoms with Gasteiger partial charge in [-0.2, -0.15) is 0 Å². The molecule has 0 heterocycles. The first-order chi connectivity index (χ1) is 9.11. The molecule has 0 aliphatic rings. The molecule has 0 heteroatoms. The van der Waals surface area contributed by atoms with Crippen molar-refractivity contribution >= 4 is 0 Å². The Kier molecular flexibility index (Phi) is 4.42. The lowest BCUT2D eigenvalue weighted by atomic mass is 9.89. The summed E-state index contributed by atoms with van der Waals surface area (Å²) in [6.07, 6.45) is 1.10. The van der Waals surface area contributed by atoms with Crippen LogP contribution in [-0.4, -0.2) is 0 Å². The van der Waals surface area contributed by atoms with Gasteiger partial charge in [-0.05, 0) is 40.5 Å². The van der Waals surface area contributed by atoms with Crippen molar-refractivity contribution in [3.05, 3.63) is 59.7 Å².